The van der Waals surface area contributed by atoms with Crippen LogP contribution < -0.4 is 0 Å². The third-order valence-corrected chi connectivity index (χ3v) is 4.40. The number of hydrogen-bond donors (Lipinski definition) is 2. The zero-order chi connectivity index (χ0) is 17.0. The number of piperidine rings is 1. The first-order chi connectivity index (χ1) is 10.9. The van der Waals surface area contributed by atoms with Gasteiger partial charge in [-0.15, -0.1) is 0 Å². The maximum atomic E-state index is 12.4. The smallest absolute Gasteiger partial charge is 0.327 e. The van der Waals surface area contributed by atoms with E-state index in [0.29, 0.717) is 23.7 Å². The largest absolute Gasteiger partial charge is 0.509 e. The van der Waals surface area contributed by atoms with Crippen LogP contribution in [-0.4, -0.2) is 41.4 Å². The molecule has 0 saturated carbocycles. The molecule has 2 unspecified atom stereocenters. The van der Waals surface area contributed by atoms with E-state index in [1.807, 2.05) is 23.1 Å². The standard InChI is InChI=1S/C17H20ClNO3S/c1-11(20)7-12-8-13(23)10-19(9-12)16(17(21)22-2)14-5-3-4-6-15(14)18/h3-7,13,16,20,23H,1,8-10H2,2H3. The fourth-order valence-corrected chi connectivity index (χ4v) is 3.53. The van der Waals surface area contributed by atoms with Crippen molar-refractivity contribution in [1.82, 2.24) is 4.90 Å². The molecule has 6 heteroatoms. The van der Waals surface area contributed by atoms with Crippen molar-refractivity contribution in [3.8, 4) is 0 Å². The van der Waals surface area contributed by atoms with Crippen LogP contribution in [-0.2, 0) is 9.53 Å². The molecule has 124 valence electrons. The highest BCUT2D eigenvalue weighted by Crippen LogP contribution is 2.33. The Morgan fingerprint density at radius 2 is 2.26 bits per heavy atom. The van der Waals surface area contributed by atoms with Gasteiger partial charge >= 0.3 is 5.97 Å². The van der Waals surface area contributed by atoms with Crippen molar-refractivity contribution < 1.29 is 14.6 Å². The van der Waals surface area contributed by atoms with Gasteiger partial charge in [0.05, 0.1) is 7.11 Å². The van der Waals surface area contributed by atoms with Gasteiger partial charge < -0.3 is 9.84 Å². The summed E-state index contributed by atoms with van der Waals surface area (Å²) in [4.78, 5) is 14.3. The number of allylic oxidation sites excluding steroid dienone is 1. The van der Waals surface area contributed by atoms with Crippen molar-refractivity contribution in [2.45, 2.75) is 17.7 Å². The van der Waals surface area contributed by atoms with Gasteiger partial charge in [-0.2, -0.15) is 12.6 Å². The van der Waals surface area contributed by atoms with Crippen LogP contribution in [0.1, 0.15) is 18.0 Å². The third kappa shape index (κ3) is 4.53. The molecule has 0 bridgehead atoms. The van der Waals surface area contributed by atoms with Gasteiger partial charge in [0.2, 0.25) is 0 Å². The number of esters is 1. The summed E-state index contributed by atoms with van der Waals surface area (Å²) in [5.74, 6) is -0.377. The number of carbonyl (C=O) groups is 1. The van der Waals surface area contributed by atoms with Gasteiger partial charge in [0, 0.05) is 23.4 Å². The predicted molar refractivity (Wildman–Crippen MR) is 95.0 cm³/mol. The van der Waals surface area contributed by atoms with Crippen LogP contribution in [0.25, 0.3) is 0 Å². The molecule has 1 aliphatic heterocycles. The second-order valence-electron chi connectivity index (χ2n) is 5.53. The summed E-state index contributed by atoms with van der Waals surface area (Å²) < 4.78 is 4.98. The van der Waals surface area contributed by atoms with E-state index >= 15 is 0 Å². The summed E-state index contributed by atoms with van der Waals surface area (Å²) in [5, 5.41) is 9.97. The van der Waals surface area contributed by atoms with Gasteiger partial charge in [0.1, 0.15) is 11.8 Å². The third-order valence-electron chi connectivity index (χ3n) is 3.71. The topological polar surface area (TPSA) is 49.8 Å². The van der Waals surface area contributed by atoms with Crippen LogP contribution in [0.4, 0.5) is 0 Å². The molecule has 2 rings (SSSR count). The molecule has 0 aliphatic carbocycles. The molecule has 0 spiro atoms. The Kier molecular flexibility index (Phi) is 6.16. The Hall–Kier alpha value is -1.43. The first kappa shape index (κ1) is 17.9. The minimum Gasteiger partial charge on any atom is -0.509 e. The van der Waals surface area contributed by atoms with Crippen molar-refractivity contribution in [3.05, 3.63) is 58.8 Å². The number of likely N-dealkylation sites (tertiary alicyclic amines) is 1. The van der Waals surface area contributed by atoms with Gasteiger partial charge in [-0.05, 0) is 24.1 Å². The van der Waals surface area contributed by atoms with Crippen molar-refractivity contribution in [3.63, 3.8) is 0 Å². The average Bonchev–Trinajstić information content (AvgIpc) is 2.48. The monoisotopic (exact) mass is 353 g/mol. The average molecular weight is 354 g/mol. The number of rotatable bonds is 4. The first-order valence-corrected chi connectivity index (χ1v) is 8.13. The van der Waals surface area contributed by atoms with E-state index in [1.54, 1.807) is 12.1 Å². The first-order valence-electron chi connectivity index (χ1n) is 7.24. The molecule has 1 fully saturated rings. The minimum absolute atomic E-state index is 0.00487. The Morgan fingerprint density at radius 1 is 1.57 bits per heavy atom. The van der Waals surface area contributed by atoms with Crippen LogP contribution in [0.2, 0.25) is 5.02 Å². The van der Waals surface area contributed by atoms with Crippen molar-refractivity contribution in [2.75, 3.05) is 20.2 Å². The molecule has 0 amide bonds. The summed E-state index contributed by atoms with van der Waals surface area (Å²) >= 11 is 10.8. The molecule has 1 N–H and O–H groups in total. The number of nitrogens with zero attached hydrogens (tertiary/aromatic N) is 1. The summed E-state index contributed by atoms with van der Waals surface area (Å²) in [6, 6.07) is 6.62. The molecular formula is C17H20ClNO3S. The van der Waals surface area contributed by atoms with Gasteiger partial charge in [-0.1, -0.05) is 42.0 Å². The van der Waals surface area contributed by atoms with E-state index in [1.165, 1.54) is 7.11 Å². The van der Waals surface area contributed by atoms with Crippen LogP contribution in [0, 0.1) is 0 Å². The Labute approximate surface area is 146 Å². The molecule has 4 nitrogen and oxygen atoms in total. The van der Waals surface area contributed by atoms with Crippen molar-refractivity contribution in [2.24, 2.45) is 0 Å². The van der Waals surface area contributed by atoms with Crippen LogP contribution in [0.15, 0.2) is 48.3 Å². The fourth-order valence-electron chi connectivity index (χ4n) is 2.85. The van der Waals surface area contributed by atoms with Gasteiger partial charge in [0.15, 0.2) is 0 Å². The molecule has 1 heterocycles. The zero-order valence-electron chi connectivity index (χ0n) is 12.9. The lowest BCUT2D eigenvalue weighted by Crippen LogP contribution is -2.43. The SMILES string of the molecule is C=C(O)C=C1CC(S)CN(C(C(=O)OC)c2ccccc2Cl)C1. The number of methoxy groups -OCH3 is 1. The highest BCUT2D eigenvalue weighted by molar-refractivity contribution is 7.81. The number of carbonyl (C=O) groups excluding carboxylic acids is 1. The number of hydrogen-bond acceptors (Lipinski definition) is 5. The van der Waals surface area contributed by atoms with Crippen LogP contribution in [0.5, 0.6) is 0 Å². The zero-order valence-corrected chi connectivity index (χ0v) is 14.6. The molecule has 2 atom stereocenters. The lowest BCUT2D eigenvalue weighted by molar-refractivity contribution is -0.147. The number of benzene rings is 1. The predicted octanol–water partition coefficient (Wildman–Crippen LogP) is 3.56. The molecule has 23 heavy (non-hydrogen) atoms. The molecule has 1 saturated heterocycles. The number of aliphatic hydroxyl groups is 1. The number of ether oxygens (including phenoxy) is 1. The van der Waals surface area contributed by atoms with Gasteiger partial charge in [-0.3, -0.25) is 4.90 Å². The molecule has 1 aliphatic rings. The molecule has 0 aromatic heterocycles. The van der Waals surface area contributed by atoms with E-state index in [0.717, 1.165) is 12.0 Å². The van der Waals surface area contributed by atoms with Crippen molar-refractivity contribution in [1.29, 1.82) is 0 Å². The number of thiol groups is 1. The van der Waals surface area contributed by atoms with E-state index in [4.69, 9.17) is 16.3 Å². The Morgan fingerprint density at radius 3 is 2.87 bits per heavy atom. The Bertz CT molecular complexity index is 632. The van der Waals surface area contributed by atoms with Crippen LogP contribution >= 0.6 is 24.2 Å². The lowest BCUT2D eigenvalue weighted by Gasteiger charge is -2.37. The number of aliphatic hydroxyl groups excluding tert-OH is 1. The number of halogens is 1. The lowest BCUT2D eigenvalue weighted by atomic mass is 9.98. The molecule has 0 radical (unpaired) electrons. The second-order valence-corrected chi connectivity index (χ2v) is 6.67. The molecule has 1 aromatic rings. The summed E-state index contributed by atoms with van der Waals surface area (Å²) in [6.45, 7) is 4.62. The van der Waals surface area contributed by atoms with E-state index in [-0.39, 0.29) is 17.0 Å². The van der Waals surface area contributed by atoms with E-state index < -0.39 is 6.04 Å². The summed E-state index contributed by atoms with van der Waals surface area (Å²) in [5.41, 5.74) is 1.66. The normalized spacial score (nSPS) is 21.9. The maximum absolute atomic E-state index is 12.4. The molecular weight excluding hydrogens is 334 g/mol. The maximum Gasteiger partial charge on any atom is 0.327 e. The second kappa shape index (κ2) is 7.90. The van der Waals surface area contributed by atoms with Crippen molar-refractivity contribution >= 4 is 30.2 Å². The van der Waals surface area contributed by atoms with Gasteiger partial charge in [-0.25, -0.2) is 4.79 Å². The summed E-state index contributed by atoms with van der Waals surface area (Å²) in [7, 11) is 1.36. The van der Waals surface area contributed by atoms with E-state index in [2.05, 4.69) is 19.2 Å². The molecule has 1 aromatic carbocycles. The van der Waals surface area contributed by atoms with E-state index in [9.17, 15) is 9.90 Å². The fraction of sp³-hybridized carbons (Fsp3) is 0.353. The quantitative estimate of drug-likeness (QED) is 0.493. The van der Waals surface area contributed by atoms with Gasteiger partial charge in [0.25, 0.3) is 0 Å². The highest BCUT2D eigenvalue weighted by atomic mass is 35.5. The highest BCUT2D eigenvalue weighted by Gasteiger charge is 2.34. The summed E-state index contributed by atoms with van der Waals surface area (Å²) in [6.07, 6.45) is 2.35. The minimum atomic E-state index is -0.612. The van der Waals surface area contributed by atoms with Crippen LogP contribution in [0.3, 0.4) is 0 Å². The Balaban J connectivity index is 2.37.